The quantitative estimate of drug-likeness (QED) is 0.187. The lowest BCUT2D eigenvalue weighted by Gasteiger charge is -2.39. The summed E-state index contributed by atoms with van der Waals surface area (Å²) in [6.45, 7) is 4.74. The molecule has 7 aromatic rings. The molecule has 4 nitrogen and oxygen atoms in total. The molecule has 0 radical (unpaired) electrons. The van der Waals surface area contributed by atoms with E-state index < -0.39 is 0 Å². The largest absolute Gasteiger partial charge is 0.368 e. The number of hydrogen-bond donors (Lipinski definition) is 2. The molecule has 0 bridgehead atoms. The predicted molar refractivity (Wildman–Crippen MR) is 221 cm³/mol. The molecule has 0 fully saturated rings. The number of aliphatic imine (C=N–C) groups is 1. The molecule has 7 aromatic carbocycles. The lowest BCUT2D eigenvalue weighted by atomic mass is 9.80. The Morgan fingerprint density at radius 3 is 2.06 bits per heavy atom. The third-order valence-corrected chi connectivity index (χ3v) is 12.6. The summed E-state index contributed by atoms with van der Waals surface area (Å²) in [4.78, 5) is 9.18. The Kier molecular flexibility index (Phi) is 7.57. The average molecular weight is 705 g/mol. The number of amidine groups is 1. The van der Waals surface area contributed by atoms with Crippen LogP contribution in [0.25, 0.3) is 33.0 Å². The molecule has 0 spiro atoms. The molecule has 5 heteroatoms. The summed E-state index contributed by atoms with van der Waals surface area (Å²) < 4.78 is 0. The van der Waals surface area contributed by atoms with Crippen molar-refractivity contribution < 1.29 is 0 Å². The number of rotatable bonds is 5. The zero-order chi connectivity index (χ0) is 35.7. The van der Waals surface area contributed by atoms with E-state index in [0.29, 0.717) is 0 Å². The summed E-state index contributed by atoms with van der Waals surface area (Å²) >= 11 is 1.89. The van der Waals surface area contributed by atoms with E-state index in [4.69, 9.17) is 4.99 Å². The molecule has 0 aromatic heterocycles. The van der Waals surface area contributed by atoms with Gasteiger partial charge in [-0.15, -0.1) is 0 Å². The van der Waals surface area contributed by atoms with Crippen molar-refractivity contribution in [2.24, 2.45) is 4.99 Å². The van der Waals surface area contributed by atoms with E-state index in [-0.39, 0.29) is 23.1 Å². The van der Waals surface area contributed by atoms with Crippen LogP contribution in [0.3, 0.4) is 0 Å². The molecule has 1 aliphatic carbocycles. The Hall–Kier alpha value is -5.62. The van der Waals surface area contributed by atoms with Crippen LogP contribution in [0.15, 0.2) is 168 Å². The maximum absolute atomic E-state index is 5.55. The van der Waals surface area contributed by atoms with Gasteiger partial charge in [-0.25, -0.2) is 4.99 Å². The lowest BCUT2D eigenvalue weighted by Crippen LogP contribution is -2.46. The molecule has 2 N–H and O–H groups in total. The molecular formula is C48H40N4S. The Morgan fingerprint density at radius 2 is 1.30 bits per heavy atom. The van der Waals surface area contributed by atoms with Crippen molar-refractivity contribution in [3.8, 4) is 22.3 Å². The third kappa shape index (κ3) is 5.29. The van der Waals surface area contributed by atoms with Crippen LogP contribution in [-0.4, -0.2) is 17.8 Å². The summed E-state index contributed by atoms with van der Waals surface area (Å²) in [5.74, 6) is 0.990. The van der Waals surface area contributed by atoms with Gasteiger partial charge in [-0.1, -0.05) is 159 Å². The van der Waals surface area contributed by atoms with E-state index in [0.717, 1.165) is 11.4 Å². The van der Waals surface area contributed by atoms with Crippen molar-refractivity contribution in [2.45, 2.75) is 41.9 Å². The van der Waals surface area contributed by atoms with E-state index in [1.165, 1.54) is 71.4 Å². The first-order chi connectivity index (χ1) is 25.9. The standard InChI is InChI=1S/C48H40N4S/c1-48(2)39-22-14-13-21-37(39)42-38(46-51-44(30-15-7-4-8-16-30)50-45(52(46)3)31-17-9-5-10-18-31)28-35(29-40(42)48)33-23-25-36-34(27-33)24-26-41-43(36)49-47(53-41)32-19-11-6-12-20-32/h4-29,44-45,47,49-50H,1-3H3. The Balaban J connectivity index is 1.14. The fraction of sp³-hybridized carbons (Fsp3) is 0.146. The maximum Gasteiger partial charge on any atom is 0.134 e. The van der Waals surface area contributed by atoms with E-state index in [1.54, 1.807) is 0 Å². The summed E-state index contributed by atoms with van der Waals surface area (Å²) in [6.07, 6.45) is -0.268. The summed E-state index contributed by atoms with van der Waals surface area (Å²) in [6, 6.07) is 57.4. The highest BCUT2D eigenvalue weighted by Gasteiger charge is 2.40. The topological polar surface area (TPSA) is 39.7 Å². The second-order valence-corrected chi connectivity index (χ2v) is 16.0. The number of anilines is 1. The highest BCUT2D eigenvalue weighted by atomic mass is 32.2. The van der Waals surface area contributed by atoms with Crippen LogP contribution in [0.2, 0.25) is 0 Å². The molecule has 3 atom stereocenters. The fourth-order valence-electron chi connectivity index (χ4n) is 8.62. The molecule has 2 aliphatic heterocycles. The first-order valence-electron chi connectivity index (χ1n) is 18.4. The lowest BCUT2D eigenvalue weighted by molar-refractivity contribution is 0.257. The van der Waals surface area contributed by atoms with Gasteiger partial charge in [0.2, 0.25) is 0 Å². The van der Waals surface area contributed by atoms with Gasteiger partial charge < -0.3 is 10.2 Å². The predicted octanol–water partition coefficient (Wildman–Crippen LogP) is 11.7. The van der Waals surface area contributed by atoms with Crippen molar-refractivity contribution in [3.63, 3.8) is 0 Å². The van der Waals surface area contributed by atoms with E-state index in [1.807, 2.05) is 11.8 Å². The van der Waals surface area contributed by atoms with Gasteiger partial charge in [-0.05, 0) is 79.7 Å². The van der Waals surface area contributed by atoms with Gasteiger partial charge in [-0.3, -0.25) is 5.32 Å². The van der Waals surface area contributed by atoms with Gasteiger partial charge in [0.05, 0.1) is 5.69 Å². The maximum atomic E-state index is 5.55. The van der Waals surface area contributed by atoms with Gasteiger partial charge in [0.15, 0.2) is 0 Å². The molecule has 2 heterocycles. The van der Waals surface area contributed by atoms with E-state index >= 15 is 0 Å². The molecule has 0 amide bonds. The van der Waals surface area contributed by atoms with Crippen molar-refractivity contribution in [1.82, 2.24) is 10.2 Å². The molecule has 53 heavy (non-hydrogen) atoms. The Bertz CT molecular complexity index is 2550. The van der Waals surface area contributed by atoms with Crippen LogP contribution >= 0.6 is 11.8 Å². The van der Waals surface area contributed by atoms with Crippen LogP contribution in [0, 0.1) is 0 Å². The van der Waals surface area contributed by atoms with Crippen molar-refractivity contribution >= 4 is 34.1 Å². The summed E-state index contributed by atoms with van der Waals surface area (Å²) in [5, 5.41) is 10.4. The zero-order valence-electron chi connectivity index (χ0n) is 30.0. The Morgan fingerprint density at radius 1 is 0.623 bits per heavy atom. The second-order valence-electron chi connectivity index (χ2n) is 14.9. The van der Waals surface area contributed by atoms with E-state index in [9.17, 15) is 0 Å². The summed E-state index contributed by atoms with van der Waals surface area (Å²) in [7, 11) is 2.18. The van der Waals surface area contributed by atoms with Crippen molar-refractivity contribution in [1.29, 1.82) is 0 Å². The molecular weight excluding hydrogens is 665 g/mol. The van der Waals surface area contributed by atoms with Crippen molar-refractivity contribution in [3.05, 3.63) is 191 Å². The molecule has 3 aliphatic rings. The average Bonchev–Trinajstić information content (AvgIpc) is 3.75. The number of benzene rings is 7. The number of hydrogen-bond acceptors (Lipinski definition) is 5. The minimum absolute atomic E-state index is 0.0642. The minimum atomic E-state index is -0.204. The first-order valence-corrected chi connectivity index (χ1v) is 19.3. The highest BCUT2D eigenvalue weighted by Crippen LogP contribution is 2.53. The van der Waals surface area contributed by atoms with Gasteiger partial charge in [0.1, 0.15) is 23.5 Å². The van der Waals surface area contributed by atoms with Gasteiger partial charge in [0, 0.05) is 28.3 Å². The number of nitrogens with one attached hydrogen (secondary N) is 2. The number of thioether (sulfide) groups is 1. The van der Waals surface area contributed by atoms with Gasteiger partial charge >= 0.3 is 0 Å². The smallest absolute Gasteiger partial charge is 0.134 e. The van der Waals surface area contributed by atoms with E-state index in [2.05, 4.69) is 194 Å². The monoisotopic (exact) mass is 704 g/mol. The van der Waals surface area contributed by atoms with Gasteiger partial charge in [-0.2, -0.15) is 0 Å². The summed E-state index contributed by atoms with van der Waals surface area (Å²) in [5.41, 5.74) is 13.5. The van der Waals surface area contributed by atoms with Crippen LogP contribution in [0.5, 0.6) is 0 Å². The molecule has 10 rings (SSSR count). The van der Waals surface area contributed by atoms with Gasteiger partial charge in [0.25, 0.3) is 0 Å². The van der Waals surface area contributed by atoms with Crippen LogP contribution in [0.1, 0.15) is 64.9 Å². The van der Waals surface area contributed by atoms with Crippen LogP contribution in [-0.2, 0) is 5.41 Å². The normalized spacial score (nSPS) is 19.6. The SMILES string of the molecule is CN1C(c2cc(-c3ccc4c5c(ccc4c3)SC(c3ccccc3)N5)cc3c2-c2ccccc2C3(C)C)=NC(c2ccccc2)NC1c1ccccc1. The van der Waals surface area contributed by atoms with Crippen LogP contribution < -0.4 is 10.6 Å². The first kappa shape index (κ1) is 32.1. The number of nitrogens with zero attached hydrogens (tertiary/aromatic N) is 2. The Labute approximate surface area is 315 Å². The molecule has 3 unspecified atom stereocenters. The fourth-order valence-corrected chi connectivity index (χ4v) is 9.77. The molecule has 0 saturated carbocycles. The zero-order valence-corrected chi connectivity index (χ0v) is 30.9. The molecule has 258 valence electrons. The van der Waals surface area contributed by atoms with Crippen molar-refractivity contribution in [2.75, 3.05) is 12.4 Å². The molecule has 0 saturated heterocycles. The second kappa shape index (κ2) is 12.5. The third-order valence-electron chi connectivity index (χ3n) is 11.4. The van der Waals surface area contributed by atoms with Crippen LogP contribution in [0.4, 0.5) is 5.69 Å². The minimum Gasteiger partial charge on any atom is -0.368 e. The number of fused-ring (bicyclic) bond motifs is 6. The highest BCUT2D eigenvalue weighted by molar-refractivity contribution is 8.00.